The van der Waals surface area contributed by atoms with Crippen LogP contribution in [0.4, 0.5) is 0 Å². The average molecular weight is 429 g/mol. The fourth-order valence-electron chi connectivity index (χ4n) is 3.22. The van der Waals surface area contributed by atoms with E-state index in [0.29, 0.717) is 15.9 Å². The van der Waals surface area contributed by atoms with Crippen molar-refractivity contribution < 1.29 is 4.79 Å². The molecule has 0 radical (unpaired) electrons. The monoisotopic (exact) mass is 428 g/mol. The van der Waals surface area contributed by atoms with Gasteiger partial charge < -0.3 is 4.90 Å². The molecule has 1 amide bonds. The van der Waals surface area contributed by atoms with Crippen LogP contribution < -0.4 is 0 Å². The van der Waals surface area contributed by atoms with Crippen LogP contribution in [0.3, 0.4) is 0 Å². The molecule has 7 nitrogen and oxygen atoms in total. The van der Waals surface area contributed by atoms with Crippen LogP contribution in [0.25, 0.3) is 5.69 Å². The lowest BCUT2D eigenvalue weighted by molar-refractivity contribution is -0.130. The normalized spacial score (nSPS) is 14.9. The van der Waals surface area contributed by atoms with Crippen LogP contribution in [-0.2, 0) is 11.3 Å². The van der Waals surface area contributed by atoms with Crippen molar-refractivity contribution in [2.75, 3.05) is 31.9 Å². The molecule has 1 fully saturated rings. The molecule has 0 unspecified atom stereocenters. The van der Waals surface area contributed by atoms with Crippen molar-refractivity contribution in [2.24, 2.45) is 0 Å². The Morgan fingerprint density at radius 1 is 1.10 bits per heavy atom. The first kappa shape index (κ1) is 19.9. The molecule has 1 saturated heterocycles. The topological polar surface area (TPSA) is 67.2 Å². The van der Waals surface area contributed by atoms with Gasteiger partial charge in [0.15, 0.2) is 5.16 Å². The molecule has 3 heterocycles. The molecule has 1 aromatic carbocycles. The van der Waals surface area contributed by atoms with Crippen LogP contribution >= 0.6 is 23.4 Å². The lowest BCUT2D eigenvalue weighted by Crippen LogP contribution is -2.48. The summed E-state index contributed by atoms with van der Waals surface area (Å²) in [7, 11) is 0. The van der Waals surface area contributed by atoms with Crippen LogP contribution in [0.5, 0.6) is 0 Å². The van der Waals surface area contributed by atoms with E-state index in [2.05, 4.69) is 20.1 Å². The van der Waals surface area contributed by atoms with Gasteiger partial charge in [-0.15, -0.1) is 10.2 Å². The van der Waals surface area contributed by atoms with Gasteiger partial charge in [0.05, 0.1) is 17.1 Å². The zero-order valence-corrected chi connectivity index (χ0v) is 17.4. The summed E-state index contributed by atoms with van der Waals surface area (Å²) in [6.07, 6.45) is 3.45. The van der Waals surface area contributed by atoms with E-state index in [4.69, 9.17) is 11.6 Å². The molecule has 1 aliphatic heterocycles. The maximum absolute atomic E-state index is 12.7. The highest BCUT2D eigenvalue weighted by atomic mass is 35.5. The molecule has 9 heteroatoms. The summed E-state index contributed by atoms with van der Waals surface area (Å²) in [6, 6.07) is 13.4. The van der Waals surface area contributed by atoms with E-state index in [-0.39, 0.29) is 5.91 Å². The first-order valence-electron chi connectivity index (χ1n) is 9.38. The Labute approximate surface area is 178 Å². The third-order valence-corrected chi connectivity index (χ3v) is 5.93. The average Bonchev–Trinajstić information content (AvgIpc) is 3.22. The Hall–Kier alpha value is -2.42. The Balaban J connectivity index is 1.29. The SMILES string of the molecule is O=C(CSc1nncn1-c1cccc(Cl)c1)N1CCN(Cc2ccccn2)CC1. The summed E-state index contributed by atoms with van der Waals surface area (Å²) in [5.41, 5.74) is 1.93. The number of aromatic nitrogens is 4. The fourth-order valence-corrected chi connectivity index (χ4v) is 4.24. The zero-order valence-electron chi connectivity index (χ0n) is 15.8. The smallest absolute Gasteiger partial charge is 0.233 e. The van der Waals surface area contributed by atoms with E-state index in [1.54, 1.807) is 6.33 Å². The maximum Gasteiger partial charge on any atom is 0.233 e. The number of halogens is 1. The van der Waals surface area contributed by atoms with Crippen molar-refractivity contribution in [3.05, 3.63) is 65.7 Å². The summed E-state index contributed by atoms with van der Waals surface area (Å²) in [5.74, 6) is 0.451. The molecular formula is C20H21ClN6OS. The number of nitrogens with zero attached hydrogens (tertiary/aromatic N) is 6. The molecule has 4 rings (SSSR count). The third-order valence-electron chi connectivity index (χ3n) is 4.76. The number of rotatable bonds is 6. The molecule has 0 bridgehead atoms. The van der Waals surface area contributed by atoms with Gasteiger partial charge in [0.1, 0.15) is 6.33 Å². The van der Waals surface area contributed by atoms with Gasteiger partial charge in [0.2, 0.25) is 5.91 Å². The Kier molecular flexibility index (Phi) is 6.43. The van der Waals surface area contributed by atoms with Gasteiger partial charge in [0.25, 0.3) is 0 Å². The molecule has 29 heavy (non-hydrogen) atoms. The van der Waals surface area contributed by atoms with Gasteiger partial charge in [-0.2, -0.15) is 0 Å². The van der Waals surface area contributed by atoms with Crippen molar-refractivity contribution in [2.45, 2.75) is 11.7 Å². The Bertz CT molecular complexity index is 958. The molecule has 0 spiro atoms. The minimum absolute atomic E-state index is 0.119. The number of pyridine rings is 1. The Morgan fingerprint density at radius 2 is 1.97 bits per heavy atom. The second-order valence-electron chi connectivity index (χ2n) is 6.73. The Morgan fingerprint density at radius 3 is 2.72 bits per heavy atom. The van der Waals surface area contributed by atoms with E-state index < -0.39 is 0 Å². The third kappa shape index (κ3) is 5.14. The van der Waals surface area contributed by atoms with Gasteiger partial charge in [-0.3, -0.25) is 19.2 Å². The van der Waals surface area contributed by atoms with Gasteiger partial charge in [0, 0.05) is 43.9 Å². The minimum atomic E-state index is 0.119. The summed E-state index contributed by atoms with van der Waals surface area (Å²) in [6.45, 7) is 3.98. The van der Waals surface area contributed by atoms with Crippen LogP contribution in [0.2, 0.25) is 5.02 Å². The van der Waals surface area contributed by atoms with E-state index in [1.165, 1.54) is 11.8 Å². The molecule has 150 valence electrons. The van der Waals surface area contributed by atoms with Crippen molar-refractivity contribution in [1.82, 2.24) is 29.5 Å². The predicted molar refractivity (Wildman–Crippen MR) is 113 cm³/mol. The summed E-state index contributed by atoms with van der Waals surface area (Å²) in [4.78, 5) is 21.3. The molecule has 3 aromatic rings. The van der Waals surface area contributed by atoms with Crippen molar-refractivity contribution in [3.63, 3.8) is 0 Å². The molecule has 0 atom stereocenters. The number of thioether (sulfide) groups is 1. The molecule has 2 aromatic heterocycles. The highest BCUT2D eigenvalue weighted by Crippen LogP contribution is 2.22. The van der Waals surface area contributed by atoms with E-state index in [9.17, 15) is 4.79 Å². The van der Waals surface area contributed by atoms with Crippen molar-refractivity contribution >= 4 is 29.3 Å². The number of hydrogen-bond acceptors (Lipinski definition) is 6. The largest absolute Gasteiger partial charge is 0.339 e. The number of carbonyl (C=O) groups is 1. The molecular weight excluding hydrogens is 408 g/mol. The second kappa shape index (κ2) is 9.39. The minimum Gasteiger partial charge on any atom is -0.339 e. The summed E-state index contributed by atoms with van der Waals surface area (Å²) >= 11 is 7.47. The van der Waals surface area contributed by atoms with Gasteiger partial charge >= 0.3 is 0 Å². The summed E-state index contributed by atoms with van der Waals surface area (Å²) in [5, 5.41) is 9.45. The molecule has 1 aliphatic rings. The van der Waals surface area contributed by atoms with Gasteiger partial charge in [-0.1, -0.05) is 35.5 Å². The van der Waals surface area contributed by atoms with Crippen LogP contribution in [0, 0.1) is 0 Å². The molecule has 0 saturated carbocycles. The van der Waals surface area contributed by atoms with Gasteiger partial charge in [-0.25, -0.2) is 0 Å². The van der Waals surface area contributed by atoms with Crippen LogP contribution in [-0.4, -0.2) is 67.4 Å². The van der Waals surface area contributed by atoms with Gasteiger partial charge in [-0.05, 0) is 30.3 Å². The fraction of sp³-hybridized carbons (Fsp3) is 0.300. The number of piperazine rings is 1. The van der Waals surface area contributed by atoms with E-state index >= 15 is 0 Å². The highest BCUT2D eigenvalue weighted by Gasteiger charge is 2.22. The predicted octanol–water partition coefficient (Wildman–Crippen LogP) is 2.75. The van der Waals surface area contributed by atoms with Crippen molar-refractivity contribution in [3.8, 4) is 5.69 Å². The van der Waals surface area contributed by atoms with E-state index in [1.807, 2.05) is 58.1 Å². The van der Waals surface area contributed by atoms with Crippen LogP contribution in [0.15, 0.2) is 60.1 Å². The molecule has 0 aliphatic carbocycles. The number of amides is 1. The standard InChI is InChI=1S/C20H21ClN6OS/c21-16-4-3-6-18(12-16)27-15-23-24-20(27)29-14-19(28)26-10-8-25(9-11-26)13-17-5-1-2-7-22-17/h1-7,12,15H,8-11,13-14H2. The lowest BCUT2D eigenvalue weighted by atomic mass is 10.2. The zero-order chi connectivity index (χ0) is 20.1. The first-order valence-corrected chi connectivity index (χ1v) is 10.7. The number of benzene rings is 1. The second-order valence-corrected chi connectivity index (χ2v) is 8.11. The first-order chi connectivity index (χ1) is 14.2. The number of hydrogen-bond donors (Lipinski definition) is 0. The summed E-state index contributed by atoms with van der Waals surface area (Å²) < 4.78 is 1.84. The van der Waals surface area contributed by atoms with Crippen LogP contribution in [0.1, 0.15) is 5.69 Å². The number of carbonyl (C=O) groups excluding carboxylic acids is 1. The van der Waals surface area contributed by atoms with E-state index in [0.717, 1.165) is 44.1 Å². The quantitative estimate of drug-likeness (QED) is 0.562. The molecule has 0 N–H and O–H groups in total. The van der Waals surface area contributed by atoms with Crippen molar-refractivity contribution in [1.29, 1.82) is 0 Å². The lowest BCUT2D eigenvalue weighted by Gasteiger charge is -2.34. The highest BCUT2D eigenvalue weighted by molar-refractivity contribution is 7.99. The maximum atomic E-state index is 12.7.